The molecule has 0 bridgehead atoms. The minimum Gasteiger partial charge on any atom is -0.508 e. The lowest BCUT2D eigenvalue weighted by molar-refractivity contribution is -0.155. The topological polar surface area (TPSA) is 99.1 Å². The predicted molar refractivity (Wildman–Crippen MR) is 199 cm³/mol. The van der Waals surface area contributed by atoms with Gasteiger partial charge in [-0.1, -0.05) is 94.7 Å². The molecule has 0 spiro atoms. The molecule has 49 heavy (non-hydrogen) atoms. The highest BCUT2D eigenvalue weighted by molar-refractivity contribution is 5.74. The Morgan fingerprint density at radius 2 is 0.980 bits per heavy atom. The van der Waals surface area contributed by atoms with Gasteiger partial charge in [0.2, 0.25) is 0 Å². The average molecular weight is 681 g/mol. The van der Waals surface area contributed by atoms with Crippen LogP contribution in [0.3, 0.4) is 0 Å². The largest absolute Gasteiger partial charge is 0.508 e. The number of carbonyl (C=O) groups excluding carboxylic acids is 3. The fraction of sp³-hybridized carbons (Fsp3) is 0.595. The first-order valence-electron chi connectivity index (χ1n) is 18.3. The van der Waals surface area contributed by atoms with Gasteiger partial charge in [-0.15, -0.1) is 0 Å². The van der Waals surface area contributed by atoms with Crippen LogP contribution in [0.1, 0.15) is 149 Å². The quantitative estimate of drug-likeness (QED) is 0.0643. The van der Waals surface area contributed by atoms with Gasteiger partial charge in [0.05, 0.1) is 12.8 Å². The van der Waals surface area contributed by atoms with E-state index >= 15 is 0 Å². The second-order valence-corrected chi connectivity index (χ2v) is 14.6. The van der Waals surface area contributed by atoms with E-state index in [1.165, 1.54) is 64.2 Å². The molecule has 0 aliphatic carbocycles. The fourth-order valence-electron chi connectivity index (χ4n) is 4.90. The maximum Gasteiger partial charge on any atom is 0.311 e. The molecule has 0 aliphatic rings. The lowest BCUT2D eigenvalue weighted by atomic mass is 10.1. The number of carbonyl (C=O) groups is 3. The maximum atomic E-state index is 12.1. The number of rotatable bonds is 20. The maximum absolute atomic E-state index is 12.1. The van der Waals surface area contributed by atoms with Gasteiger partial charge in [0.25, 0.3) is 0 Å². The number of hydrogen-bond donors (Lipinski definition) is 1. The van der Waals surface area contributed by atoms with Gasteiger partial charge in [-0.25, -0.2) is 0 Å². The molecule has 7 heteroatoms. The number of unbranched alkanes of at least 4 members (excludes halogenated alkanes) is 11. The average Bonchev–Trinajstić information content (AvgIpc) is 3.00. The van der Waals surface area contributed by atoms with Crippen LogP contribution in [-0.2, 0) is 36.7 Å². The van der Waals surface area contributed by atoms with Crippen molar-refractivity contribution in [2.75, 3.05) is 0 Å². The van der Waals surface area contributed by atoms with Crippen molar-refractivity contribution in [3.63, 3.8) is 0 Å². The zero-order chi connectivity index (χ0) is 36.5. The van der Waals surface area contributed by atoms with Gasteiger partial charge in [-0.05, 0) is 109 Å². The molecule has 1 N–H and O–H groups in total. The van der Waals surface area contributed by atoms with E-state index in [2.05, 4.69) is 19.1 Å². The summed E-state index contributed by atoms with van der Waals surface area (Å²) in [5.41, 5.74) is 0.734. The van der Waals surface area contributed by atoms with Crippen molar-refractivity contribution in [1.82, 2.24) is 0 Å². The van der Waals surface area contributed by atoms with Crippen molar-refractivity contribution >= 4 is 17.9 Å². The zero-order valence-electron chi connectivity index (χ0n) is 31.5. The van der Waals surface area contributed by atoms with E-state index < -0.39 is 11.2 Å². The van der Waals surface area contributed by atoms with Crippen LogP contribution in [0, 0.1) is 0 Å². The van der Waals surface area contributed by atoms with Gasteiger partial charge in [0.15, 0.2) is 0 Å². The van der Waals surface area contributed by atoms with Crippen molar-refractivity contribution in [2.24, 2.45) is 0 Å². The number of phenolic OH excluding ortho intramolecular Hbond substituents is 1. The second-order valence-electron chi connectivity index (χ2n) is 14.6. The monoisotopic (exact) mass is 680 g/mol. The Labute approximate surface area is 296 Å². The molecule has 2 rings (SSSR count). The minimum absolute atomic E-state index is 0.197. The first kappa shape index (κ1) is 43.4. The molecule has 0 saturated heterocycles. The Morgan fingerprint density at radius 1 is 0.571 bits per heavy atom. The molecule has 0 aromatic heterocycles. The first-order valence-corrected chi connectivity index (χ1v) is 18.3. The summed E-state index contributed by atoms with van der Waals surface area (Å²) in [5, 5.41) is 9.06. The van der Waals surface area contributed by atoms with E-state index in [4.69, 9.17) is 19.3 Å². The van der Waals surface area contributed by atoms with Crippen molar-refractivity contribution in [2.45, 2.75) is 162 Å². The van der Waals surface area contributed by atoms with Crippen molar-refractivity contribution < 1.29 is 33.7 Å². The van der Waals surface area contributed by atoms with Gasteiger partial charge < -0.3 is 19.3 Å². The molecule has 0 unspecified atom stereocenters. The number of aromatic hydroxyl groups is 1. The predicted octanol–water partition coefficient (Wildman–Crippen LogP) is 10.8. The van der Waals surface area contributed by atoms with Crippen molar-refractivity contribution in [3.05, 3.63) is 71.8 Å². The lowest BCUT2D eigenvalue weighted by Gasteiger charge is -2.19. The van der Waals surface area contributed by atoms with Gasteiger partial charge in [0, 0.05) is 6.42 Å². The van der Waals surface area contributed by atoms with Crippen LogP contribution < -0.4 is 4.74 Å². The van der Waals surface area contributed by atoms with E-state index in [0.717, 1.165) is 30.4 Å². The third kappa shape index (κ3) is 26.0. The second kappa shape index (κ2) is 24.5. The number of allylic oxidation sites excluding steroid dienone is 2. The number of hydrogen-bond acceptors (Lipinski definition) is 7. The van der Waals surface area contributed by atoms with Crippen LogP contribution in [0.4, 0.5) is 0 Å². The molecule has 0 fully saturated rings. The number of ether oxygens (including phenoxy) is 3. The number of phenols is 1. The van der Waals surface area contributed by atoms with Crippen LogP contribution in [0.5, 0.6) is 11.5 Å². The van der Waals surface area contributed by atoms with Gasteiger partial charge in [-0.2, -0.15) is 0 Å². The molecule has 0 saturated carbocycles. The van der Waals surface area contributed by atoms with E-state index in [1.54, 1.807) is 48.5 Å². The van der Waals surface area contributed by atoms with E-state index in [0.29, 0.717) is 12.2 Å². The highest BCUT2D eigenvalue weighted by Gasteiger charge is 2.17. The van der Waals surface area contributed by atoms with Gasteiger partial charge in [0.1, 0.15) is 22.7 Å². The van der Waals surface area contributed by atoms with Gasteiger partial charge >= 0.3 is 17.9 Å². The van der Waals surface area contributed by atoms with E-state index in [-0.39, 0.29) is 36.5 Å². The SMILES string of the molecule is CC(C)(C)OC(=O)Cc1ccc(O)cc1.CCCCCCCC/C=C\CCCCCCCC(=O)Oc1ccc(CC(=O)OC(C)(C)C)cc1. The summed E-state index contributed by atoms with van der Waals surface area (Å²) in [6.07, 6.45) is 21.7. The minimum atomic E-state index is -0.490. The molecule has 0 atom stereocenters. The molecule has 0 aliphatic heterocycles. The normalized spacial score (nSPS) is 11.5. The summed E-state index contributed by atoms with van der Waals surface area (Å²) in [5.74, 6) is 0.000710. The molecule has 0 radical (unpaired) electrons. The molecule has 274 valence electrons. The summed E-state index contributed by atoms with van der Waals surface area (Å²) in [7, 11) is 0. The molecular formula is C42H64O7. The summed E-state index contributed by atoms with van der Waals surface area (Å²) in [6.45, 7) is 13.3. The Hall–Kier alpha value is -3.61. The Morgan fingerprint density at radius 3 is 1.43 bits per heavy atom. The summed E-state index contributed by atoms with van der Waals surface area (Å²) >= 11 is 0. The summed E-state index contributed by atoms with van der Waals surface area (Å²) in [6, 6.07) is 13.6. The molecular weight excluding hydrogens is 616 g/mol. The molecule has 7 nitrogen and oxygen atoms in total. The summed E-state index contributed by atoms with van der Waals surface area (Å²) < 4.78 is 15.9. The van der Waals surface area contributed by atoms with Crippen molar-refractivity contribution in [1.29, 1.82) is 0 Å². The Bertz CT molecular complexity index is 1220. The fourth-order valence-corrected chi connectivity index (χ4v) is 4.90. The van der Waals surface area contributed by atoms with Crippen LogP contribution >= 0.6 is 0 Å². The van der Waals surface area contributed by atoms with Crippen LogP contribution in [0.25, 0.3) is 0 Å². The Balaban J connectivity index is 0.000000663. The summed E-state index contributed by atoms with van der Waals surface area (Å²) in [4.78, 5) is 35.4. The Kier molecular flexibility index (Phi) is 21.7. The zero-order valence-corrected chi connectivity index (χ0v) is 31.5. The first-order chi connectivity index (χ1) is 23.2. The molecule has 0 amide bonds. The standard InChI is InChI=1S/C30H48O4.C12H16O3/c1-5-6-7-8-9-10-11-12-13-14-15-16-17-18-19-20-28(31)33-27-23-21-26(22-24-27)25-29(32)34-30(2,3)4;1-12(2,3)15-11(14)8-9-4-6-10(13)7-5-9/h12-13,21-24H,5-11,14-20,25H2,1-4H3;4-7,13H,8H2,1-3H3/b13-12-;. The molecule has 0 heterocycles. The van der Waals surface area contributed by atoms with Crippen LogP contribution in [0.2, 0.25) is 0 Å². The molecule has 2 aromatic carbocycles. The number of benzene rings is 2. The molecule has 2 aromatic rings. The van der Waals surface area contributed by atoms with Crippen LogP contribution in [0.15, 0.2) is 60.7 Å². The highest BCUT2D eigenvalue weighted by atomic mass is 16.6. The van der Waals surface area contributed by atoms with Crippen molar-refractivity contribution in [3.8, 4) is 11.5 Å². The highest BCUT2D eigenvalue weighted by Crippen LogP contribution is 2.17. The smallest absolute Gasteiger partial charge is 0.311 e. The van der Waals surface area contributed by atoms with Crippen LogP contribution in [-0.4, -0.2) is 34.2 Å². The number of esters is 3. The van der Waals surface area contributed by atoms with E-state index in [9.17, 15) is 14.4 Å². The van der Waals surface area contributed by atoms with E-state index in [1.807, 2.05) is 41.5 Å². The third-order valence-corrected chi connectivity index (χ3v) is 7.27. The third-order valence-electron chi connectivity index (χ3n) is 7.27. The van der Waals surface area contributed by atoms with Gasteiger partial charge in [-0.3, -0.25) is 14.4 Å². The lowest BCUT2D eigenvalue weighted by Crippen LogP contribution is -2.24.